The smallest absolute Gasteiger partial charge is 0.269 e. The monoisotopic (exact) mass is 564 g/mol. The minimum Gasteiger partial charge on any atom is -0.494 e. The number of ether oxygens (including phenoxy) is 1. The van der Waals surface area contributed by atoms with Crippen molar-refractivity contribution in [1.82, 2.24) is 14.9 Å². The van der Waals surface area contributed by atoms with E-state index in [1.54, 1.807) is 36.5 Å². The predicted molar refractivity (Wildman–Crippen MR) is 152 cm³/mol. The zero-order chi connectivity index (χ0) is 27.7. The van der Waals surface area contributed by atoms with Gasteiger partial charge in [-0.05, 0) is 60.7 Å². The second-order valence-corrected chi connectivity index (χ2v) is 11.0. The van der Waals surface area contributed by atoms with Gasteiger partial charge >= 0.3 is 0 Å². The summed E-state index contributed by atoms with van der Waals surface area (Å²) in [7, 11) is -2.06. The number of nitro benzene ring substituents is 1. The lowest BCUT2D eigenvalue weighted by Crippen LogP contribution is -2.30. The third-order valence-corrected chi connectivity index (χ3v) is 7.18. The molecule has 0 amide bonds. The molecule has 2 aromatic heterocycles. The molecule has 2 aromatic carbocycles. The largest absolute Gasteiger partial charge is 0.494 e. The van der Waals surface area contributed by atoms with Gasteiger partial charge in [0.25, 0.3) is 5.69 Å². The van der Waals surface area contributed by atoms with Crippen molar-refractivity contribution in [3.63, 3.8) is 0 Å². The molecule has 0 unspecified atom stereocenters. The Balaban J connectivity index is 1.63. The molecular weight excluding hydrogens is 540 g/mol. The Hall–Kier alpha value is -4.49. The Morgan fingerprint density at radius 1 is 1.08 bits per heavy atom. The maximum atomic E-state index is 11.8. The topological polar surface area (TPSA) is 132 Å². The third-order valence-electron chi connectivity index (χ3n) is 6.28. The zero-order valence-corrected chi connectivity index (χ0v) is 22.5. The van der Waals surface area contributed by atoms with E-state index in [9.17, 15) is 18.5 Å². The summed E-state index contributed by atoms with van der Waals surface area (Å²) in [6.45, 7) is 0. The summed E-state index contributed by atoms with van der Waals surface area (Å²) in [5.41, 5.74) is 3.33. The highest BCUT2D eigenvalue weighted by Gasteiger charge is 2.42. The molecule has 4 aromatic rings. The summed E-state index contributed by atoms with van der Waals surface area (Å²) in [4.78, 5) is 17.2. The van der Waals surface area contributed by atoms with Crippen molar-refractivity contribution < 1.29 is 18.1 Å². The van der Waals surface area contributed by atoms with E-state index in [0.29, 0.717) is 22.2 Å². The summed E-state index contributed by atoms with van der Waals surface area (Å²) in [5.74, 6) is 0.325. The van der Waals surface area contributed by atoms with E-state index in [-0.39, 0.29) is 11.7 Å². The zero-order valence-electron chi connectivity index (χ0n) is 20.9. The van der Waals surface area contributed by atoms with Crippen LogP contribution in [-0.2, 0) is 10.0 Å². The van der Waals surface area contributed by atoms with Crippen LogP contribution < -0.4 is 19.7 Å². The first-order valence-corrected chi connectivity index (χ1v) is 14.0. The number of benzene rings is 2. The van der Waals surface area contributed by atoms with Gasteiger partial charge in [-0.25, -0.2) is 8.42 Å². The standard InChI is InChI=1S/C26H24N6O5S2/c1-37-23-16-19(12-13-20(23)29-39(2,35)36)31-25(24(28-26(31)38)21-6-3-4-14-27-21)22-7-5-15-30(22)17-8-10-18(11-9-17)32(33)34/h3-16,24-25,29H,1-2H3,(H,28,38)/t24-,25+/m0/s1. The molecule has 0 bridgehead atoms. The molecule has 2 atom stereocenters. The number of anilines is 2. The quantitative estimate of drug-likeness (QED) is 0.182. The molecule has 11 nitrogen and oxygen atoms in total. The van der Waals surface area contributed by atoms with Crippen molar-refractivity contribution in [3.8, 4) is 11.4 Å². The van der Waals surface area contributed by atoms with Crippen molar-refractivity contribution in [2.45, 2.75) is 12.1 Å². The van der Waals surface area contributed by atoms with Gasteiger partial charge in [0.05, 0.1) is 35.7 Å². The highest BCUT2D eigenvalue weighted by Crippen LogP contribution is 2.44. The average Bonchev–Trinajstić information content (AvgIpc) is 3.53. The third kappa shape index (κ3) is 5.26. The van der Waals surface area contributed by atoms with Gasteiger partial charge in [0, 0.05) is 47.7 Å². The first-order chi connectivity index (χ1) is 18.7. The Bertz CT molecular complexity index is 1640. The van der Waals surface area contributed by atoms with Gasteiger partial charge in [0.1, 0.15) is 11.8 Å². The number of methoxy groups -OCH3 is 1. The molecule has 1 saturated heterocycles. The summed E-state index contributed by atoms with van der Waals surface area (Å²) >= 11 is 5.81. The van der Waals surface area contributed by atoms with Gasteiger partial charge in [-0.2, -0.15) is 0 Å². The molecule has 39 heavy (non-hydrogen) atoms. The Labute approximate surface area is 230 Å². The van der Waals surface area contributed by atoms with Crippen LogP contribution in [0.5, 0.6) is 5.75 Å². The molecule has 200 valence electrons. The van der Waals surface area contributed by atoms with Crippen LogP contribution in [-0.4, -0.2) is 41.4 Å². The van der Waals surface area contributed by atoms with Crippen LogP contribution >= 0.6 is 12.2 Å². The molecule has 0 radical (unpaired) electrons. The predicted octanol–water partition coefficient (Wildman–Crippen LogP) is 4.34. The first kappa shape index (κ1) is 26.1. The van der Waals surface area contributed by atoms with Crippen LogP contribution in [0.1, 0.15) is 23.5 Å². The highest BCUT2D eigenvalue weighted by molar-refractivity contribution is 7.92. The second-order valence-electron chi connectivity index (χ2n) is 8.83. The fourth-order valence-corrected chi connectivity index (χ4v) is 5.57. The lowest BCUT2D eigenvalue weighted by molar-refractivity contribution is -0.384. The van der Waals surface area contributed by atoms with E-state index in [1.165, 1.54) is 19.2 Å². The SMILES string of the molecule is COc1cc(N2C(=S)N[C@@H](c3ccccn3)[C@H]2c2cccn2-c2ccc([N+](=O)[O-])cc2)ccc1NS(C)(=O)=O. The maximum Gasteiger partial charge on any atom is 0.269 e. The number of non-ortho nitro benzene ring substituents is 1. The number of nitro groups is 1. The van der Waals surface area contributed by atoms with Crippen LogP contribution in [0.25, 0.3) is 5.69 Å². The molecule has 1 aliphatic heterocycles. The summed E-state index contributed by atoms with van der Waals surface area (Å²) in [5, 5.41) is 15.0. The maximum absolute atomic E-state index is 11.8. The van der Waals surface area contributed by atoms with Crippen LogP contribution in [0, 0.1) is 10.1 Å². The molecule has 3 heterocycles. The summed E-state index contributed by atoms with van der Waals surface area (Å²) < 4.78 is 33.6. The number of sulfonamides is 1. The molecule has 0 saturated carbocycles. The van der Waals surface area contributed by atoms with E-state index in [1.807, 2.05) is 46.0 Å². The Morgan fingerprint density at radius 2 is 1.82 bits per heavy atom. The van der Waals surface area contributed by atoms with Crippen LogP contribution in [0.4, 0.5) is 17.1 Å². The molecular formula is C26H24N6O5S2. The fraction of sp³-hybridized carbons (Fsp3) is 0.154. The Morgan fingerprint density at radius 3 is 2.46 bits per heavy atom. The van der Waals surface area contributed by atoms with E-state index in [4.69, 9.17) is 17.0 Å². The number of rotatable bonds is 8. The highest BCUT2D eigenvalue weighted by atomic mass is 32.2. The molecule has 13 heteroatoms. The van der Waals surface area contributed by atoms with Crippen molar-refractivity contribution in [3.05, 3.63) is 107 Å². The van der Waals surface area contributed by atoms with Gasteiger partial charge in [-0.3, -0.25) is 19.8 Å². The van der Waals surface area contributed by atoms with E-state index < -0.39 is 21.0 Å². The van der Waals surface area contributed by atoms with Crippen molar-refractivity contribution in [2.75, 3.05) is 23.0 Å². The van der Waals surface area contributed by atoms with Gasteiger partial charge in [-0.1, -0.05) is 6.07 Å². The van der Waals surface area contributed by atoms with E-state index in [2.05, 4.69) is 15.0 Å². The molecule has 5 rings (SSSR count). The number of pyridine rings is 1. The van der Waals surface area contributed by atoms with Gasteiger partial charge in [0.2, 0.25) is 10.0 Å². The molecule has 2 N–H and O–H groups in total. The van der Waals surface area contributed by atoms with Crippen molar-refractivity contribution in [2.24, 2.45) is 0 Å². The van der Waals surface area contributed by atoms with Crippen LogP contribution in [0.3, 0.4) is 0 Å². The summed E-state index contributed by atoms with van der Waals surface area (Å²) in [6, 6.07) is 20.2. The number of hydrogen-bond acceptors (Lipinski definition) is 7. The van der Waals surface area contributed by atoms with Gasteiger partial charge in [0.15, 0.2) is 5.11 Å². The number of nitrogens with zero attached hydrogens (tertiary/aromatic N) is 4. The number of hydrogen-bond donors (Lipinski definition) is 2. The van der Waals surface area contributed by atoms with Crippen molar-refractivity contribution in [1.29, 1.82) is 0 Å². The van der Waals surface area contributed by atoms with Gasteiger partial charge in [-0.15, -0.1) is 0 Å². The molecule has 0 aliphatic carbocycles. The molecule has 0 spiro atoms. The fourth-order valence-electron chi connectivity index (χ4n) is 4.65. The average molecular weight is 565 g/mol. The minimum atomic E-state index is -3.52. The minimum absolute atomic E-state index is 0.000886. The number of thiocarbonyl (C=S) groups is 1. The number of aromatic nitrogens is 2. The molecule has 1 aliphatic rings. The van der Waals surface area contributed by atoms with Gasteiger partial charge < -0.3 is 19.5 Å². The van der Waals surface area contributed by atoms with Crippen LogP contribution in [0.2, 0.25) is 0 Å². The normalized spacial score (nSPS) is 17.1. The number of nitrogens with one attached hydrogen (secondary N) is 2. The first-order valence-electron chi connectivity index (χ1n) is 11.7. The molecule has 1 fully saturated rings. The second kappa shape index (κ2) is 10.3. The Kier molecular flexibility index (Phi) is 6.93. The van der Waals surface area contributed by atoms with E-state index in [0.717, 1.165) is 23.3 Å². The summed E-state index contributed by atoms with van der Waals surface area (Å²) in [6.07, 6.45) is 4.66. The lowest BCUT2D eigenvalue weighted by Gasteiger charge is -2.29. The van der Waals surface area contributed by atoms with Crippen molar-refractivity contribution >= 4 is 44.4 Å². The lowest BCUT2D eigenvalue weighted by atomic mass is 10.0. The van der Waals surface area contributed by atoms with Crippen LogP contribution in [0.15, 0.2) is 85.2 Å². The van der Waals surface area contributed by atoms with E-state index >= 15 is 0 Å².